The zero-order valence-corrected chi connectivity index (χ0v) is 13.6. The lowest BCUT2D eigenvalue weighted by Gasteiger charge is -2.12. The molecular weight excluding hydrogens is 344 g/mol. The van der Waals surface area contributed by atoms with Gasteiger partial charge in [-0.05, 0) is 41.1 Å². The van der Waals surface area contributed by atoms with Gasteiger partial charge in [-0.3, -0.25) is 24.6 Å². The van der Waals surface area contributed by atoms with E-state index in [0.29, 0.717) is 11.1 Å². The standard InChI is InChI=1S/C17H12N2O5S/c20-14-6-4-11(5-7-14)9-15-16(21)18(17(22)25-15)10-12-2-1-3-13(8-12)19(23)24/h1-9,20H,10H2/b15-9+. The molecular formula is C17H12N2O5S. The second-order valence-corrected chi connectivity index (χ2v) is 6.28. The number of benzene rings is 2. The van der Waals surface area contributed by atoms with Crippen molar-refractivity contribution in [2.24, 2.45) is 0 Å². The predicted octanol–water partition coefficient (Wildman–Crippen LogP) is 3.54. The SMILES string of the molecule is O=C1S/C(=C/c2ccc(O)cc2)C(=O)N1Cc1cccc([N+](=O)[O-])c1. The smallest absolute Gasteiger partial charge is 0.293 e. The molecule has 2 amide bonds. The lowest BCUT2D eigenvalue weighted by molar-refractivity contribution is -0.384. The monoisotopic (exact) mass is 356 g/mol. The van der Waals surface area contributed by atoms with E-state index in [2.05, 4.69) is 0 Å². The van der Waals surface area contributed by atoms with Gasteiger partial charge in [-0.1, -0.05) is 24.3 Å². The summed E-state index contributed by atoms with van der Waals surface area (Å²) in [5.41, 5.74) is 1.09. The zero-order valence-electron chi connectivity index (χ0n) is 12.8. The number of nitro groups is 1. The van der Waals surface area contributed by atoms with Gasteiger partial charge in [0, 0.05) is 12.1 Å². The predicted molar refractivity (Wildman–Crippen MR) is 92.7 cm³/mol. The molecule has 0 saturated carbocycles. The van der Waals surface area contributed by atoms with Crippen molar-refractivity contribution in [3.8, 4) is 5.75 Å². The first kappa shape index (κ1) is 16.7. The Morgan fingerprint density at radius 3 is 2.56 bits per heavy atom. The summed E-state index contributed by atoms with van der Waals surface area (Å²) in [7, 11) is 0. The van der Waals surface area contributed by atoms with Crippen LogP contribution in [0.25, 0.3) is 6.08 Å². The van der Waals surface area contributed by atoms with Crippen molar-refractivity contribution in [2.45, 2.75) is 6.54 Å². The van der Waals surface area contributed by atoms with Gasteiger partial charge in [0.05, 0.1) is 16.4 Å². The molecule has 126 valence electrons. The normalized spacial score (nSPS) is 15.8. The molecule has 1 aliphatic heterocycles. The molecule has 0 aliphatic carbocycles. The number of nitrogens with zero attached hydrogens (tertiary/aromatic N) is 2. The number of phenols is 1. The van der Waals surface area contributed by atoms with E-state index in [1.54, 1.807) is 24.3 Å². The van der Waals surface area contributed by atoms with Crippen molar-refractivity contribution in [1.29, 1.82) is 0 Å². The second-order valence-electron chi connectivity index (χ2n) is 5.29. The Morgan fingerprint density at radius 1 is 1.16 bits per heavy atom. The molecule has 0 aromatic heterocycles. The average Bonchev–Trinajstić information content (AvgIpc) is 2.85. The first-order valence-corrected chi connectivity index (χ1v) is 8.03. The number of thioether (sulfide) groups is 1. The molecule has 2 aromatic rings. The van der Waals surface area contributed by atoms with Crippen LogP contribution >= 0.6 is 11.8 Å². The Morgan fingerprint density at radius 2 is 1.88 bits per heavy atom. The van der Waals surface area contributed by atoms with Gasteiger partial charge in [-0.25, -0.2) is 0 Å². The van der Waals surface area contributed by atoms with E-state index in [4.69, 9.17) is 0 Å². The molecule has 0 radical (unpaired) electrons. The van der Waals surface area contributed by atoms with Gasteiger partial charge in [-0.2, -0.15) is 0 Å². The minimum absolute atomic E-state index is 0.0285. The number of non-ortho nitro benzene ring substituents is 1. The van der Waals surface area contributed by atoms with E-state index in [1.807, 2.05) is 0 Å². The summed E-state index contributed by atoms with van der Waals surface area (Å²) in [6.45, 7) is -0.0285. The summed E-state index contributed by atoms with van der Waals surface area (Å²) in [5, 5.41) is 19.7. The van der Waals surface area contributed by atoms with Gasteiger partial charge in [-0.15, -0.1) is 0 Å². The van der Waals surface area contributed by atoms with E-state index in [1.165, 1.54) is 30.3 Å². The number of imide groups is 1. The molecule has 8 heteroatoms. The average molecular weight is 356 g/mol. The van der Waals surface area contributed by atoms with Gasteiger partial charge < -0.3 is 5.11 Å². The fraction of sp³-hybridized carbons (Fsp3) is 0.0588. The number of rotatable bonds is 4. The van der Waals surface area contributed by atoms with Gasteiger partial charge >= 0.3 is 0 Å². The Hall–Kier alpha value is -3.13. The first-order valence-electron chi connectivity index (χ1n) is 7.22. The number of hydrogen-bond acceptors (Lipinski definition) is 6. The van der Waals surface area contributed by atoms with Crippen LogP contribution in [0.3, 0.4) is 0 Å². The first-order chi connectivity index (χ1) is 11.9. The topological polar surface area (TPSA) is 101 Å². The number of carbonyl (C=O) groups excluding carboxylic acids is 2. The largest absolute Gasteiger partial charge is 0.508 e. The van der Waals surface area contributed by atoms with E-state index >= 15 is 0 Å². The van der Waals surface area contributed by atoms with Crippen LogP contribution in [-0.2, 0) is 11.3 Å². The lowest BCUT2D eigenvalue weighted by atomic mass is 10.2. The molecule has 0 unspecified atom stereocenters. The summed E-state index contributed by atoms with van der Waals surface area (Å²) >= 11 is 0.813. The number of carbonyl (C=O) groups is 2. The Labute approximate surface area is 146 Å². The highest BCUT2D eigenvalue weighted by Crippen LogP contribution is 2.33. The third-order valence-corrected chi connectivity index (χ3v) is 4.43. The van der Waals surface area contributed by atoms with Crippen LogP contribution in [0.4, 0.5) is 10.5 Å². The van der Waals surface area contributed by atoms with Crippen molar-refractivity contribution in [1.82, 2.24) is 4.90 Å². The second kappa shape index (κ2) is 6.78. The van der Waals surface area contributed by atoms with Crippen LogP contribution in [0.2, 0.25) is 0 Å². The fourth-order valence-electron chi connectivity index (χ4n) is 2.31. The minimum Gasteiger partial charge on any atom is -0.508 e. The van der Waals surface area contributed by atoms with Crippen LogP contribution in [0, 0.1) is 10.1 Å². The van der Waals surface area contributed by atoms with Gasteiger partial charge in [0.15, 0.2) is 0 Å². The molecule has 2 aromatic carbocycles. The molecule has 1 saturated heterocycles. The van der Waals surface area contributed by atoms with Crippen molar-refractivity contribution < 1.29 is 19.6 Å². The van der Waals surface area contributed by atoms with E-state index < -0.39 is 16.1 Å². The lowest BCUT2D eigenvalue weighted by Crippen LogP contribution is -2.27. The number of hydrogen-bond donors (Lipinski definition) is 1. The highest BCUT2D eigenvalue weighted by Gasteiger charge is 2.35. The number of phenolic OH excluding ortho intramolecular Hbond substituents is 1. The van der Waals surface area contributed by atoms with E-state index in [9.17, 15) is 24.8 Å². The van der Waals surface area contributed by atoms with E-state index in [0.717, 1.165) is 16.7 Å². The maximum Gasteiger partial charge on any atom is 0.293 e. The quantitative estimate of drug-likeness (QED) is 0.511. The number of aromatic hydroxyl groups is 1. The summed E-state index contributed by atoms with van der Waals surface area (Å²) < 4.78 is 0. The van der Waals surface area contributed by atoms with Crippen molar-refractivity contribution >= 4 is 34.7 Å². The summed E-state index contributed by atoms with van der Waals surface area (Å²) in [6.07, 6.45) is 1.57. The maximum atomic E-state index is 12.4. The molecule has 25 heavy (non-hydrogen) atoms. The van der Waals surface area contributed by atoms with Crippen molar-refractivity contribution in [3.63, 3.8) is 0 Å². The molecule has 1 N–H and O–H groups in total. The third kappa shape index (κ3) is 3.69. The van der Waals surface area contributed by atoms with Crippen LogP contribution in [-0.4, -0.2) is 26.1 Å². The molecule has 3 rings (SSSR count). The summed E-state index contributed by atoms with van der Waals surface area (Å²) in [5.74, 6) is -0.342. The minimum atomic E-state index is -0.526. The van der Waals surface area contributed by atoms with Crippen LogP contribution < -0.4 is 0 Å². The van der Waals surface area contributed by atoms with Crippen LogP contribution in [0.1, 0.15) is 11.1 Å². The molecule has 0 atom stereocenters. The summed E-state index contributed by atoms with van der Waals surface area (Å²) in [4.78, 5) is 36.2. The maximum absolute atomic E-state index is 12.4. The van der Waals surface area contributed by atoms with E-state index in [-0.39, 0.29) is 22.9 Å². The zero-order chi connectivity index (χ0) is 18.0. The highest BCUT2D eigenvalue weighted by atomic mass is 32.2. The Balaban J connectivity index is 1.81. The van der Waals surface area contributed by atoms with Gasteiger partial charge in [0.2, 0.25) is 0 Å². The molecule has 0 spiro atoms. The molecule has 7 nitrogen and oxygen atoms in total. The highest BCUT2D eigenvalue weighted by molar-refractivity contribution is 8.18. The van der Waals surface area contributed by atoms with Crippen LogP contribution in [0.15, 0.2) is 53.4 Å². The summed E-state index contributed by atoms with van der Waals surface area (Å²) in [6, 6.07) is 12.1. The third-order valence-electron chi connectivity index (χ3n) is 3.53. The molecule has 1 heterocycles. The number of nitro benzene ring substituents is 1. The van der Waals surface area contributed by atoms with Gasteiger partial charge in [0.25, 0.3) is 16.8 Å². The van der Waals surface area contributed by atoms with Gasteiger partial charge in [0.1, 0.15) is 5.75 Å². The molecule has 1 fully saturated rings. The van der Waals surface area contributed by atoms with Crippen molar-refractivity contribution in [2.75, 3.05) is 0 Å². The Kier molecular flexibility index (Phi) is 4.53. The molecule has 0 bridgehead atoms. The van der Waals surface area contributed by atoms with Crippen molar-refractivity contribution in [3.05, 3.63) is 74.7 Å². The molecule has 1 aliphatic rings. The van der Waals surface area contributed by atoms with Crippen LogP contribution in [0.5, 0.6) is 5.75 Å². The number of amides is 2. The Bertz CT molecular complexity index is 892. The fourth-order valence-corrected chi connectivity index (χ4v) is 3.15.